The number of halogens is 6. The third kappa shape index (κ3) is 8.94. The Labute approximate surface area is 146 Å². The minimum absolute atomic E-state index is 0.410. The number of ether oxygens (including phenoxy) is 2. The van der Waals surface area contributed by atoms with Crippen molar-refractivity contribution in [2.75, 3.05) is 31.2 Å². The fourth-order valence-electron chi connectivity index (χ4n) is 2.36. The van der Waals surface area contributed by atoms with Crippen LogP contribution in [-0.2, 0) is 0 Å². The summed E-state index contributed by atoms with van der Waals surface area (Å²) >= 11 is 0. The van der Waals surface area contributed by atoms with Gasteiger partial charge in [0.2, 0.25) is 11.1 Å². The Kier molecular flexibility index (Phi) is 6.24. The third-order valence-electron chi connectivity index (χ3n) is 3.19. The summed E-state index contributed by atoms with van der Waals surface area (Å²) in [5.74, 6) is 1.34. The van der Waals surface area contributed by atoms with Crippen LogP contribution in [0.3, 0.4) is 0 Å². The quantitative estimate of drug-likeness (QED) is 0.301. The van der Waals surface area contributed by atoms with Gasteiger partial charge in [-0.25, -0.2) is 0 Å². The fourth-order valence-corrected chi connectivity index (χ4v) is 2.36. The standard InChI is InChI=1S/C14H20N3O2.F6P/c1-3-18-13-10-12(17-7-5-6-8-17)14(19-4-2)9-11(13)16-15;1-7(2,3,4,5)6/h9-10H,3-8H2,1-2H3;/q+1;-1. The predicted octanol–water partition coefficient (Wildman–Crippen LogP) is 6.95. The molecule has 150 valence electrons. The van der Waals surface area contributed by atoms with E-state index in [0.29, 0.717) is 24.7 Å². The first-order valence-electron chi connectivity index (χ1n) is 7.85. The van der Waals surface area contributed by atoms with Crippen LogP contribution in [0.4, 0.5) is 36.6 Å². The number of anilines is 1. The van der Waals surface area contributed by atoms with Gasteiger partial charge in [0.05, 0.1) is 25.0 Å². The summed E-state index contributed by atoms with van der Waals surface area (Å²) in [7, 11) is -10.7. The zero-order chi connectivity index (χ0) is 20.1. The van der Waals surface area contributed by atoms with Crippen molar-refractivity contribution in [3.05, 3.63) is 17.1 Å². The number of rotatable bonds is 5. The Morgan fingerprint density at radius 1 is 0.962 bits per heavy atom. The molecule has 0 bridgehead atoms. The molecule has 0 atom stereocenters. The van der Waals surface area contributed by atoms with E-state index >= 15 is 0 Å². The van der Waals surface area contributed by atoms with E-state index in [2.05, 4.69) is 9.88 Å². The second kappa shape index (κ2) is 7.35. The topological polar surface area (TPSA) is 49.9 Å². The van der Waals surface area contributed by atoms with E-state index in [1.165, 1.54) is 12.8 Å². The third-order valence-corrected chi connectivity index (χ3v) is 3.19. The molecular weight excluding hydrogens is 387 g/mol. The summed E-state index contributed by atoms with van der Waals surface area (Å²) in [6.07, 6.45) is 2.39. The Morgan fingerprint density at radius 2 is 1.42 bits per heavy atom. The van der Waals surface area contributed by atoms with E-state index < -0.39 is 7.81 Å². The van der Waals surface area contributed by atoms with Crippen LogP contribution in [0.5, 0.6) is 11.5 Å². The van der Waals surface area contributed by atoms with Crippen LogP contribution in [0.15, 0.2) is 12.1 Å². The molecule has 2 rings (SSSR count). The van der Waals surface area contributed by atoms with Gasteiger partial charge in [0, 0.05) is 19.2 Å². The maximum atomic E-state index is 9.87. The van der Waals surface area contributed by atoms with Gasteiger partial charge in [0.1, 0.15) is 0 Å². The molecule has 1 aliphatic rings. The van der Waals surface area contributed by atoms with Gasteiger partial charge < -0.3 is 14.4 Å². The van der Waals surface area contributed by atoms with Gasteiger partial charge in [0.25, 0.3) is 0 Å². The average Bonchev–Trinajstić information content (AvgIpc) is 2.99. The monoisotopic (exact) mass is 407 g/mol. The summed E-state index contributed by atoms with van der Waals surface area (Å²) in [5.41, 5.74) is 1.43. The van der Waals surface area contributed by atoms with Gasteiger partial charge in [-0.05, 0) is 26.7 Å². The molecule has 0 unspecified atom stereocenters. The molecule has 1 fully saturated rings. The second-order valence-electron chi connectivity index (χ2n) is 5.41. The fraction of sp³-hybridized carbons (Fsp3) is 0.571. The zero-order valence-electron chi connectivity index (χ0n) is 14.3. The molecule has 26 heavy (non-hydrogen) atoms. The van der Waals surface area contributed by atoms with Crippen molar-refractivity contribution in [2.24, 2.45) is 0 Å². The van der Waals surface area contributed by atoms with E-state index in [9.17, 15) is 25.2 Å². The van der Waals surface area contributed by atoms with Crippen molar-refractivity contribution < 1.29 is 34.7 Å². The SMILES string of the molecule is CCOc1cc(N2CCCC2)c(OCC)cc1[N+]#N.F[P-](F)(F)(F)(F)F. The van der Waals surface area contributed by atoms with Crippen molar-refractivity contribution >= 4 is 19.2 Å². The van der Waals surface area contributed by atoms with Crippen LogP contribution in [0, 0.1) is 5.39 Å². The average molecular weight is 407 g/mol. The molecule has 1 saturated heterocycles. The first-order chi connectivity index (χ1) is 11.7. The molecule has 0 radical (unpaired) electrons. The van der Waals surface area contributed by atoms with E-state index in [0.717, 1.165) is 24.5 Å². The van der Waals surface area contributed by atoms with Gasteiger partial charge in [-0.1, -0.05) is 0 Å². The Morgan fingerprint density at radius 3 is 1.85 bits per heavy atom. The van der Waals surface area contributed by atoms with Crippen LogP contribution in [-0.4, -0.2) is 26.3 Å². The number of diazo groups is 1. The summed E-state index contributed by atoms with van der Waals surface area (Å²) in [4.78, 5) is 5.56. The summed E-state index contributed by atoms with van der Waals surface area (Å²) in [5, 5.41) is 9.07. The van der Waals surface area contributed by atoms with Crippen molar-refractivity contribution in [1.29, 1.82) is 5.39 Å². The molecule has 0 spiro atoms. The molecule has 1 aliphatic heterocycles. The summed E-state index contributed by atoms with van der Waals surface area (Å²) < 4.78 is 70.4. The minimum atomic E-state index is -10.7. The predicted molar refractivity (Wildman–Crippen MR) is 88.5 cm³/mol. The number of benzene rings is 1. The van der Waals surface area contributed by atoms with Gasteiger partial charge in [-0.3, -0.25) is 0 Å². The van der Waals surface area contributed by atoms with Crippen molar-refractivity contribution in [2.45, 2.75) is 26.7 Å². The van der Waals surface area contributed by atoms with E-state index in [1.807, 2.05) is 19.9 Å². The zero-order valence-corrected chi connectivity index (χ0v) is 15.2. The van der Waals surface area contributed by atoms with Gasteiger partial charge >= 0.3 is 38.7 Å². The molecule has 1 heterocycles. The normalized spacial score (nSPS) is 16.7. The Hall–Kier alpha value is -1.95. The van der Waals surface area contributed by atoms with Crippen LogP contribution in [0.1, 0.15) is 26.7 Å². The van der Waals surface area contributed by atoms with Crippen LogP contribution < -0.4 is 14.4 Å². The second-order valence-corrected chi connectivity index (χ2v) is 7.32. The number of nitrogens with zero attached hydrogens (tertiary/aromatic N) is 3. The molecule has 0 N–H and O–H groups in total. The van der Waals surface area contributed by atoms with Crippen molar-refractivity contribution in [3.8, 4) is 11.5 Å². The first kappa shape index (κ1) is 22.1. The van der Waals surface area contributed by atoms with Crippen LogP contribution in [0.2, 0.25) is 0 Å². The molecular formula is C14H20F6N3O2P. The summed E-state index contributed by atoms with van der Waals surface area (Å²) in [6.45, 7) is 7.03. The van der Waals surface area contributed by atoms with Crippen LogP contribution >= 0.6 is 7.81 Å². The van der Waals surface area contributed by atoms with E-state index in [4.69, 9.17) is 14.9 Å². The summed E-state index contributed by atoms with van der Waals surface area (Å²) in [6, 6.07) is 3.65. The van der Waals surface area contributed by atoms with E-state index in [-0.39, 0.29) is 0 Å². The maximum absolute atomic E-state index is 10.7. The Balaban J connectivity index is 0.000000412. The van der Waals surface area contributed by atoms with Gasteiger partial charge in [-0.2, -0.15) is 0 Å². The molecule has 0 aromatic heterocycles. The molecule has 0 amide bonds. The number of hydrogen-bond acceptors (Lipinski definition) is 4. The van der Waals surface area contributed by atoms with E-state index in [1.54, 1.807) is 6.07 Å². The van der Waals surface area contributed by atoms with Crippen molar-refractivity contribution in [3.63, 3.8) is 0 Å². The van der Waals surface area contributed by atoms with Gasteiger partial charge in [0.15, 0.2) is 10.7 Å². The van der Waals surface area contributed by atoms with Gasteiger partial charge in [-0.15, -0.1) is 0 Å². The van der Waals surface area contributed by atoms with Crippen molar-refractivity contribution in [1.82, 2.24) is 0 Å². The molecule has 1 aromatic rings. The Bertz CT molecular complexity index is 658. The molecule has 12 heteroatoms. The van der Waals surface area contributed by atoms with Crippen LogP contribution in [0.25, 0.3) is 4.98 Å². The number of hydrogen-bond donors (Lipinski definition) is 0. The molecule has 5 nitrogen and oxygen atoms in total. The molecule has 1 aromatic carbocycles. The molecule has 0 saturated carbocycles. The molecule has 0 aliphatic carbocycles. The first-order valence-corrected chi connectivity index (χ1v) is 9.88.